The van der Waals surface area contributed by atoms with E-state index in [-0.39, 0.29) is 0 Å². The highest BCUT2D eigenvalue weighted by molar-refractivity contribution is 7.83. The highest BCUT2D eigenvalue weighted by Gasteiger charge is 2.50. The minimum absolute atomic E-state index is 1.01. The van der Waals surface area contributed by atoms with Crippen LogP contribution in [-0.4, -0.2) is 148 Å². The molecule has 3 heterocycles. The molecule has 0 aromatic carbocycles. The molecule has 0 bridgehead atoms. The lowest BCUT2D eigenvalue weighted by atomic mass is 11.0. The van der Waals surface area contributed by atoms with Gasteiger partial charge < -0.3 is 0 Å². The molecular weight excluding hydrogens is 484 g/mol. The molecule has 2 atom stereocenters. The summed E-state index contributed by atoms with van der Waals surface area (Å²) in [6, 6.07) is 0. The van der Waals surface area contributed by atoms with Crippen LogP contribution < -0.4 is 0 Å². The van der Waals surface area contributed by atoms with E-state index in [1.54, 1.807) is 0 Å². The van der Waals surface area contributed by atoms with E-state index in [0.717, 1.165) is 26.2 Å². The van der Waals surface area contributed by atoms with Crippen LogP contribution in [0.4, 0.5) is 0 Å². The van der Waals surface area contributed by atoms with Crippen LogP contribution in [0, 0.1) is 0 Å². The van der Waals surface area contributed by atoms with Crippen LogP contribution in [0.15, 0.2) is 18.1 Å². The van der Waals surface area contributed by atoms with Gasteiger partial charge >= 0.3 is 0 Å². The SMILES string of the molecule is CN(C)P1(N(C)C)=NP(N(C)C)(N2CC2)=NP(N(C)C)(N(C)C)=NP(N(C)C)(N2CC2)=N1. The maximum absolute atomic E-state index is 5.79. The van der Waals surface area contributed by atoms with Crippen molar-refractivity contribution >= 4 is 30.0 Å². The number of hydrogen-bond donors (Lipinski definition) is 0. The third-order valence-electron chi connectivity index (χ3n) is 5.79. The van der Waals surface area contributed by atoms with Gasteiger partial charge in [-0.05, 0) is 84.6 Å². The van der Waals surface area contributed by atoms with Crippen LogP contribution in [0.2, 0.25) is 0 Å². The van der Waals surface area contributed by atoms with Crippen molar-refractivity contribution in [3.63, 3.8) is 0 Å². The molecule has 12 nitrogen and oxygen atoms in total. The van der Waals surface area contributed by atoms with E-state index in [1.807, 2.05) is 0 Å². The second-order valence-electron chi connectivity index (χ2n) is 9.50. The van der Waals surface area contributed by atoms with Gasteiger partial charge in [0.15, 0.2) is 0 Å². The molecule has 2 unspecified atom stereocenters. The van der Waals surface area contributed by atoms with Gasteiger partial charge in [0.2, 0.25) is 30.0 Å². The van der Waals surface area contributed by atoms with Crippen molar-refractivity contribution in [2.45, 2.75) is 0 Å². The van der Waals surface area contributed by atoms with Crippen LogP contribution in [-0.2, 0) is 0 Å². The fourth-order valence-corrected chi connectivity index (χ4v) is 23.9. The normalized spacial score (nSPS) is 32.6. The summed E-state index contributed by atoms with van der Waals surface area (Å²) in [6.45, 7) is 4.06. The average Bonchev–Trinajstić information content (AvgIpc) is 3.53. The molecule has 3 aliphatic heterocycles. The Balaban J connectivity index is 2.63. The lowest BCUT2D eigenvalue weighted by molar-refractivity contribution is 0.548. The summed E-state index contributed by atoms with van der Waals surface area (Å²) >= 11 is 0. The smallest absolute Gasteiger partial charge is 0.220 e. The zero-order valence-corrected chi connectivity index (χ0v) is 25.6. The van der Waals surface area contributed by atoms with Crippen molar-refractivity contribution < 1.29 is 0 Å². The minimum Gasteiger partial charge on any atom is -0.246 e. The Labute approximate surface area is 196 Å². The molecule has 2 fully saturated rings. The Bertz CT molecular complexity index is 744. The Morgan fingerprint density at radius 3 is 0.812 bits per heavy atom. The molecule has 188 valence electrons. The molecule has 16 heteroatoms. The highest BCUT2D eigenvalue weighted by atomic mass is 31.3. The third-order valence-corrected chi connectivity index (χ3v) is 22.2. The van der Waals surface area contributed by atoms with Crippen LogP contribution in [0.25, 0.3) is 0 Å². The molecule has 0 N–H and O–H groups in total. The summed E-state index contributed by atoms with van der Waals surface area (Å²) in [4.78, 5) is 0. The van der Waals surface area contributed by atoms with Crippen molar-refractivity contribution in [1.82, 2.24) is 37.4 Å². The molecule has 0 aromatic heterocycles. The zero-order chi connectivity index (χ0) is 24.3. The first kappa shape index (κ1) is 27.2. The Kier molecular flexibility index (Phi) is 7.85. The number of nitrogens with zero attached hydrogens (tertiary/aromatic N) is 12. The van der Waals surface area contributed by atoms with Crippen molar-refractivity contribution in [3.8, 4) is 0 Å². The fraction of sp³-hybridized carbons (Fsp3) is 1.00. The van der Waals surface area contributed by atoms with E-state index in [9.17, 15) is 0 Å². The second-order valence-corrected chi connectivity index (χ2v) is 22.6. The number of rotatable bonds is 8. The first-order valence-corrected chi connectivity index (χ1v) is 17.2. The maximum atomic E-state index is 5.79. The lowest BCUT2D eigenvalue weighted by Gasteiger charge is -2.45. The van der Waals surface area contributed by atoms with Gasteiger partial charge in [0.05, 0.1) is 0 Å². The molecule has 0 aromatic rings. The maximum Gasteiger partial charge on any atom is 0.220 e. The lowest BCUT2D eigenvalue weighted by Crippen LogP contribution is -2.26. The molecule has 3 aliphatic rings. The van der Waals surface area contributed by atoms with E-state index in [4.69, 9.17) is 18.1 Å². The van der Waals surface area contributed by atoms with E-state index < -0.39 is 30.0 Å². The van der Waals surface area contributed by atoms with Crippen molar-refractivity contribution in [3.05, 3.63) is 0 Å². The van der Waals surface area contributed by atoms with Gasteiger partial charge in [-0.2, -0.15) is 18.1 Å². The summed E-state index contributed by atoms with van der Waals surface area (Å²) in [5.41, 5.74) is 0. The van der Waals surface area contributed by atoms with Crippen molar-refractivity contribution in [2.75, 3.05) is 111 Å². The van der Waals surface area contributed by atoms with Crippen LogP contribution in [0.3, 0.4) is 0 Å². The van der Waals surface area contributed by atoms with E-state index >= 15 is 0 Å². The summed E-state index contributed by atoms with van der Waals surface area (Å²) < 4.78 is 41.5. The predicted molar refractivity (Wildman–Crippen MR) is 143 cm³/mol. The standard InChI is InChI=1S/C16H44N12P4/c1-21(2)29(22(3)4)17-31(25(9)10,27-13-14-27)19-30(23(5)6,24(7)8)20-32(18-29,26(11)12)28-15-16-28/h13-16H2,1-12H3. The Hall–Kier alpha value is 0.600. The van der Waals surface area contributed by atoms with Crippen LogP contribution in [0.1, 0.15) is 0 Å². The van der Waals surface area contributed by atoms with Gasteiger partial charge in [0.1, 0.15) is 0 Å². The topological polar surface area (TPSA) is 74.9 Å². The van der Waals surface area contributed by atoms with E-state index in [1.165, 1.54) is 0 Å². The van der Waals surface area contributed by atoms with Crippen molar-refractivity contribution in [1.29, 1.82) is 0 Å². The molecule has 0 aliphatic carbocycles. The molecular formula is C16H44N12P4. The summed E-state index contributed by atoms with van der Waals surface area (Å²) in [6.07, 6.45) is 0. The predicted octanol–water partition coefficient (Wildman–Crippen LogP) is 3.79. The molecule has 0 spiro atoms. The van der Waals surface area contributed by atoms with Gasteiger partial charge in [-0.25, -0.2) is 37.4 Å². The minimum atomic E-state index is -2.46. The van der Waals surface area contributed by atoms with Gasteiger partial charge in [0, 0.05) is 26.2 Å². The fourth-order valence-electron chi connectivity index (χ4n) is 3.75. The molecule has 0 amide bonds. The zero-order valence-electron chi connectivity index (χ0n) is 22.0. The average molecular weight is 529 g/mol. The van der Waals surface area contributed by atoms with E-state index in [0.29, 0.717) is 0 Å². The number of hydrogen-bond acceptors (Lipinski definition) is 12. The Morgan fingerprint density at radius 1 is 0.406 bits per heavy atom. The first-order chi connectivity index (χ1) is 14.7. The molecule has 0 saturated carbocycles. The largest absolute Gasteiger partial charge is 0.246 e. The van der Waals surface area contributed by atoms with Gasteiger partial charge in [0.25, 0.3) is 0 Å². The Morgan fingerprint density at radius 2 is 0.656 bits per heavy atom. The molecule has 3 rings (SSSR count). The molecule has 32 heavy (non-hydrogen) atoms. The third kappa shape index (κ3) is 4.34. The highest BCUT2D eigenvalue weighted by Crippen LogP contribution is 2.83. The van der Waals surface area contributed by atoms with E-state index in [2.05, 4.69) is 122 Å². The van der Waals surface area contributed by atoms with Gasteiger partial charge in [-0.15, -0.1) is 0 Å². The van der Waals surface area contributed by atoms with Gasteiger partial charge in [-0.3, -0.25) is 0 Å². The molecule has 0 radical (unpaired) electrons. The second kappa shape index (κ2) is 9.24. The van der Waals surface area contributed by atoms with Crippen molar-refractivity contribution in [2.24, 2.45) is 18.1 Å². The molecule has 2 saturated heterocycles. The summed E-state index contributed by atoms with van der Waals surface area (Å²) in [7, 11) is 15.7. The van der Waals surface area contributed by atoms with Crippen LogP contribution >= 0.6 is 30.0 Å². The first-order valence-electron chi connectivity index (χ1n) is 10.8. The van der Waals surface area contributed by atoms with Crippen LogP contribution in [0.5, 0.6) is 0 Å². The van der Waals surface area contributed by atoms with Gasteiger partial charge in [-0.1, -0.05) is 0 Å². The monoisotopic (exact) mass is 528 g/mol. The quantitative estimate of drug-likeness (QED) is 0.348. The summed E-state index contributed by atoms with van der Waals surface area (Å²) in [5, 5.41) is 0. The summed E-state index contributed by atoms with van der Waals surface area (Å²) in [5.74, 6) is 0.